The fraction of sp³-hybridized carbons (Fsp3) is 0.871. The van der Waals surface area contributed by atoms with E-state index >= 15 is 0 Å². The van der Waals surface area contributed by atoms with Crippen LogP contribution in [-0.4, -0.2) is 51.7 Å². The third kappa shape index (κ3) is 13.0. The molecule has 1 rings (SSSR count). The molecule has 0 aromatic heterocycles. The molecule has 0 N–H and O–H groups in total. The first-order valence-electron chi connectivity index (χ1n) is 15.1. The largest absolute Gasteiger partial charge is 0.372 e. The van der Waals surface area contributed by atoms with Crippen LogP contribution >= 0.6 is 12.2 Å². The van der Waals surface area contributed by atoms with Gasteiger partial charge in [0.05, 0.1) is 5.69 Å². The molecular formula is C31H59N3OS. The lowest BCUT2D eigenvalue weighted by Crippen LogP contribution is -2.39. The highest BCUT2D eigenvalue weighted by Gasteiger charge is 2.24. The Bertz CT molecular complexity index is 747. The SMILES string of the molecule is CCCCCCCCN(CCCCCCCC)CCN(C)c1c(N(C)CCCC(C)(C)C)c(=S)c1=O. The quantitative estimate of drug-likeness (QED) is 0.113. The van der Waals surface area contributed by atoms with Crippen molar-refractivity contribution in [2.24, 2.45) is 5.41 Å². The van der Waals surface area contributed by atoms with Crippen LogP contribution in [-0.2, 0) is 0 Å². The van der Waals surface area contributed by atoms with Gasteiger partial charge in [0.15, 0.2) is 0 Å². The number of unbranched alkanes of at least 4 members (excludes halogenated alkanes) is 10. The van der Waals surface area contributed by atoms with E-state index in [0.29, 0.717) is 9.93 Å². The van der Waals surface area contributed by atoms with Gasteiger partial charge in [0.1, 0.15) is 10.2 Å². The molecule has 1 aromatic carbocycles. The van der Waals surface area contributed by atoms with Gasteiger partial charge in [0.25, 0.3) is 0 Å². The number of hydrogen-bond donors (Lipinski definition) is 0. The van der Waals surface area contributed by atoms with Crippen LogP contribution in [0.25, 0.3) is 0 Å². The summed E-state index contributed by atoms with van der Waals surface area (Å²) in [5.74, 6) is 0. The van der Waals surface area contributed by atoms with Crippen LogP contribution < -0.4 is 15.2 Å². The predicted molar refractivity (Wildman–Crippen MR) is 164 cm³/mol. The topological polar surface area (TPSA) is 26.8 Å². The van der Waals surface area contributed by atoms with E-state index in [-0.39, 0.29) is 5.43 Å². The van der Waals surface area contributed by atoms with Crippen LogP contribution in [0.1, 0.15) is 125 Å². The third-order valence-corrected chi connectivity index (χ3v) is 7.83. The summed E-state index contributed by atoms with van der Waals surface area (Å²) < 4.78 is 0.520. The van der Waals surface area contributed by atoms with Crippen LogP contribution in [0.4, 0.5) is 11.4 Å². The van der Waals surface area contributed by atoms with E-state index in [0.717, 1.165) is 37.4 Å². The highest BCUT2D eigenvalue weighted by molar-refractivity contribution is 7.71. The zero-order valence-electron chi connectivity index (χ0n) is 25.1. The van der Waals surface area contributed by atoms with Gasteiger partial charge >= 0.3 is 0 Å². The maximum atomic E-state index is 12.7. The standard InChI is InChI=1S/C31H59N3OS/c1-8-10-12-14-16-18-23-34(24-19-17-15-13-11-9-2)26-25-33(7)27-28(30(36)29(27)35)32(6)22-20-21-31(3,4)5/h8-26H2,1-7H3. The van der Waals surface area contributed by atoms with Crippen LogP contribution in [0.15, 0.2) is 4.79 Å². The number of likely N-dealkylation sites (N-methyl/N-ethyl adjacent to an activating group) is 1. The van der Waals surface area contributed by atoms with E-state index in [1.807, 2.05) is 0 Å². The average molecular weight is 522 g/mol. The third-order valence-electron chi connectivity index (χ3n) is 7.45. The van der Waals surface area contributed by atoms with Crippen molar-refractivity contribution < 1.29 is 0 Å². The molecule has 0 amide bonds. The minimum atomic E-state index is 0.0589. The smallest absolute Gasteiger partial charge is 0.224 e. The second-order valence-corrected chi connectivity index (χ2v) is 12.6. The zero-order valence-corrected chi connectivity index (χ0v) is 25.9. The predicted octanol–water partition coefficient (Wildman–Crippen LogP) is 8.37. The molecule has 0 unspecified atom stereocenters. The number of hydrogen-bond acceptors (Lipinski definition) is 5. The van der Waals surface area contributed by atoms with Gasteiger partial charge in [-0.25, -0.2) is 0 Å². The second kappa shape index (κ2) is 18.3. The Labute approximate surface area is 229 Å². The molecule has 0 aliphatic rings. The highest BCUT2D eigenvalue weighted by atomic mass is 32.1. The Balaban J connectivity index is 2.63. The first kappa shape index (κ1) is 33.1. The molecule has 0 atom stereocenters. The summed E-state index contributed by atoms with van der Waals surface area (Å²) in [5, 5.41) is 0. The highest BCUT2D eigenvalue weighted by Crippen LogP contribution is 2.30. The Hall–Kier alpha value is -0.940. The summed E-state index contributed by atoms with van der Waals surface area (Å²) in [4.78, 5) is 19.7. The lowest BCUT2D eigenvalue weighted by Gasteiger charge is -2.32. The van der Waals surface area contributed by atoms with Gasteiger partial charge in [0, 0.05) is 33.7 Å². The number of rotatable bonds is 22. The molecule has 0 saturated carbocycles. The van der Waals surface area contributed by atoms with Crippen molar-refractivity contribution >= 4 is 23.6 Å². The zero-order chi connectivity index (χ0) is 27.0. The van der Waals surface area contributed by atoms with E-state index in [4.69, 9.17) is 12.2 Å². The normalized spacial score (nSPS) is 12.1. The monoisotopic (exact) mass is 521 g/mol. The number of anilines is 2. The summed E-state index contributed by atoms with van der Waals surface area (Å²) in [6.07, 6.45) is 18.4. The molecule has 0 aliphatic heterocycles. The lowest BCUT2D eigenvalue weighted by atomic mass is 9.90. The summed E-state index contributed by atoms with van der Waals surface area (Å²) in [5.41, 5.74) is 2.21. The Morgan fingerprint density at radius 1 is 0.611 bits per heavy atom. The average Bonchev–Trinajstić information content (AvgIpc) is 2.82. The van der Waals surface area contributed by atoms with Crippen LogP contribution in [0.3, 0.4) is 0 Å². The van der Waals surface area contributed by atoms with Gasteiger partial charge < -0.3 is 14.7 Å². The second-order valence-electron chi connectivity index (χ2n) is 12.2. The molecule has 1 aromatic rings. The Morgan fingerprint density at radius 2 is 1.08 bits per heavy atom. The molecule has 4 nitrogen and oxygen atoms in total. The molecule has 5 heteroatoms. The molecule has 210 valence electrons. The van der Waals surface area contributed by atoms with Crippen molar-refractivity contribution in [3.05, 3.63) is 14.7 Å². The van der Waals surface area contributed by atoms with Crippen molar-refractivity contribution in [1.82, 2.24) is 4.90 Å². The maximum absolute atomic E-state index is 12.7. The summed E-state index contributed by atoms with van der Waals surface area (Å²) >= 11 is 5.48. The van der Waals surface area contributed by atoms with Crippen molar-refractivity contribution in [2.75, 3.05) is 56.6 Å². The fourth-order valence-corrected chi connectivity index (χ4v) is 5.35. The fourth-order valence-electron chi connectivity index (χ4n) is 5.00. The molecule has 0 spiro atoms. The minimum Gasteiger partial charge on any atom is -0.372 e. The van der Waals surface area contributed by atoms with E-state index < -0.39 is 0 Å². The van der Waals surface area contributed by atoms with Crippen LogP contribution in [0, 0.1) is 9.93 Å². The maximum Gasteiger partial charge on any atom is 0.224 e. The van der Waals surface area contributed by atoms with Crippen LogP contribution in [0.5, 0.6) is 0 Å². The van der Waals surface area contributed by atoms with Gasteiger partial charge in [0.2, 0.25) is 5.43 Å². The molecule has 36 heavy (non-hydrogen) atoms. The minimum absolute atomic E-state index is 0.0589. The molecular weight excluding hydrogens is 462 g/mol. The van der Waals surface area contributed by atoms with Crippen LogP contribution in [0.2, 0.25) is 0 Å². The van der Waals surface area contributed by atoms with E-state index in [9.17, 15) is 4.79 Å². The molecule has 0 bridgehead atoms. The molecule has 0 radical (unpaired) electrons. The van der Waals surface area contributed by atoms with Crippen molar-refractivity contribution in [3.63, 3.8) is 0 Å². The van der Waals surface area contributed by atoms with Crippen molar-refractivity contribution in [1.29, 1.82) is 0 Å². The van der Waals surface area contributed by atoms with Gasteiger partial charge in [-0.2, -0.15) is 0 Å². The van der Waals surface area contributed by atoms with Gasteiger partial charge in [-0.1, -0.05) is 111 Å². The summed E-state index contributed by atoms with van der Waals surface area (Å²) in [6.45, 7) is 16.6. The van der Waals surface area contributed by atoms with E-state index in [1.54, 1.807) is 0 Å². The van der Waals surface area contributed by atoms with Gasteiger partial charge in [-0.05, 0) is 44.2 Å². The molecule has 0 saturated heterocycles. The van der Waals surface area contributed by atoms with E-state index in [2.05, 4.69) is 63.4 Å². The first-order valence-corrected chi connectivity index (χ1v) is 15.5. The van der Waals surface area contributed by atoms with Crippen molar-refractivity contribution in [3.8, 4) is 0 Å². The Kier molecular flexibility index (Phi) is 16.9. The van der Waals surface area contributed by atoms with E-state index in [1.165, 1.54) is 96.6 Å². The number of nitrogens with zero attached hydrogens (tertiary/aromatic N) is 3. The lowest BCUT2D eigenvalue weighted by molar-refractivity contribution is 0.266. The molecule has 0 aliphatic carbocycles. The molecule has 0 fully saturated rings. The summed E-state index contributed by atoms with van der Waals surface area (Å²) in [6, 6.07) is 0. The van der Waals surface area contributed by atoms with Gasteiger partial charge in [-0.3, -0.25) is 4.79 Å². The van der Waals surface area contributed by atoms with Crippen molar-refractivity contribution in [2.45, 2.75) is 125 Å². The first-order chi connectivity index (χ1) is 17.1. The summed E-state index contributed by atoms with van der Waals surface area (Å²) in [7, 11) is 4.17. The molecule has 0 heterocycles. The van der Waals surface area contributed by atoms with Gasteiger partial charge in [-0.15, -0.1) is 0 Å². The Morgan fingerprint density at radius 3 is 1.58 bits per heavy atom.